The maximum absolute atomic E-state index is 4.47. The second kappa shape index (κ2) is 10.3. The van der Waals surface area contributed by atoms with Gasteiger partial charge in [-0.15, -0.1) is 11.3 Å². The second-order valence-electron chi connectivity index (χ2n) is 6.30. The van der Waals surface area contributed by atoms with Crippen molar-refractivity contribution in [2.24, 2.45) is 4.99 Å². The SMILES string of the molecule is CCN(CC)Cc1cccc(CNC(=NC)NCc2sc(C)nc2C)c1. The number of rotatable bonds is 8. The Bertz CT molecular complexity index is 719. The number of thiazole rings is 1. The Labute approximate surface area is 161 Å². The molecule has 0 unspecified atom stereocenters. The lowest BCUT2D eigenvalue weighted by Gasteiger charge is -2.18. The Morgan fingerprint density at radius 2 is 1.81 bits per heavy atom. The fourth-order valence-corrected chi connectivity index (χ4v) is 3.73. The van der Waals surface area contributed by atoms with E-state index >= 15 is 0 Å². The normalized spacial score (nSPS) is 11.8. The molecule has 1 aromatic carbocycles. The maximum Gasteiger partial charge on any atom is 0.191 e. The fraction of sp³-hybridized carbons (Fsp3) is 0.500. The largest absolute Gasteiger partial charge is 0.352 e. The number of benzene rings is 1. The van der Waals surface area contributed by atoms with E-state index in [0.717, 1.165) is 49.4 Å². The highest BCUT2D eigenvalue weighted by atomic mass is 32.1. The third-order valence-electron chi connectivity index (χ3n) is 4.39. The maximum atomic E-state index is 4.47. The summed E-state index contributed by atoms with van der Waals surface area (Å²) in [5, 5.41) is 7.88. The van der Waals surface area contributed by atoms with Crippen molar-refractivity contribution in [3.05, 3.63) is 51.0 Å². The molecule has 0 saturated carbocycles. The molecule has 0 atom stereocenters. The van der Waals surface area contributed by atoms with Gasteiger partial charge in [0.2, 0.25) is 0 Å². The van der Waals surface area contributed by atoms with Crippen LogP contribution in [0.3, 0.4) is 0 Å². The zero-order valence-electron chi connectivity index (χ0n) is 16.6. The first-order valence-electron chi connectivity index (χ1n) is 9.23. The van der Waals surface area contributed by atoms with Crippen molar-refractivity contribution in [1.29, 1.82) is 0 Å². The van der Waals surface area contributed by atoms with E-state index in [4.69, 9.17) is 0 Å². The number of aliphatic imine (C=N–C) groups is 1. The number of nitrogens with zero attached hydrogens (tertiary/aromatic N) is 3. The van der Waals surface area contributed by atoms with Crippen LogP contribution in [0.1, 0.15) is 40.6 Å². The molecule has 0 aliphatic carbocycles. The molecule has 0 bridgehead atoms. The van der Waals surface area contributed by atoms with Crippen LogP contribution in [-0.2, 0) is 19.6 Å². The smallest absolute Gasteiger partial charge is 0.191 e. The summed E-state index contributed by atoms with van der Waals surface area (Å²) >= 11 is 1.73. The summed E-state index contributed by atoms with van der Waals surface area (Å²) in [6.45, 7) is 13.2. The number of hydrogen-bond acceptors (Lipinski definition) is 4. The van der Waals surface area contributed by atoms with E-state index in [2.05, 4.69) is 70.5 Å². The van der Waals surface area contributed by atoms with Crippen LogP contribution in [0, 0.1) is 13.8 Å². The molecule has 0 spiro atoms. The zero-order valence-corrected chi connectivity index (χ0v) is 17.4. The topological polar surface area (TPSA) is 52.5 Å². The van der Waals surface area contributed by atoms with E-state index in [1.54, 1.807) is 18.4 Å². The first-order valence-corrected chi connectivity index (χ1v) is 10.0. The van der Waals surface area contributed by atoms with Crippen molar-refractivity contribution in [1.82, 2.24) is 20.5 Å². The highest BCUT2D eigenvalue weighted by Gasteiger charge is 2.06. The molecule has 0 radical (unpaired) electrons. The van der Waals surface area contributed by atoms with Crippen molar-refractivity contribution in [3.63, 3.8) is 0 Å². The summed E-state index contributed by atoms with van der Waals surface area (Å²) in [4.78, 5) is 12.5. The third kappa shape index (κ3) is 6.11. The van der Waals surface area contributed by atoms with E-state index in [0.29, 0.717) is 0 Å². The number of guanidine groups is 1. The molecule has 142 valence electrons. The molecule has 0 aliphatic rings. The van der Waals surface area contributed by atoms with Crippen LogP contribution in [0.2, 0.25) is 0 Å². The minimum Gasteiger partial charge on any atom is -0.352 e. The van der Waals surface area contributed by atoms with Crippen LogP contribution in [0.5, 0.6) is 0 Å². The van der Waals surface area contributed by atoms with E-state index in [9.17, 15) is 0 Å². The van der Waals surface area contributed by atoms with E-state index in [-0.39, 0.29) is 0 Å². The highest BCUT2D eigenvalue weighted by Crippen LogP contribution is 2.16. The van der Waals surface area contributed by atoms with Gasteiger partial charge in [-0.25, -0.2) is 4.98 Å². The van der Waals surface area contributed by atoms with Crippen molar-refractivity contribution in [2.45, 2.75) is 47.3 Å². The predicted molar refractivity (Wildman–Crippen MR) is 112 cm³/mol. The number of nitrogens with one attached hydrogen (secondary N) is 2. The Morgan fingerprint density at radius 3 is 2.42 bits per heavy atom. The molecular formula is C20H31N5S. The summed E-state index contributed by atoms with van der Waals surface area (Å²) in [7, 11) is 1.80. The predicted octanol–water partition coefficient (Wildman–Crippen LogP) is 3.47. The van der Waals surface area contributed by atoms with E-state index in [1.807, 2.05) is 6.92 Å². The Kier molecular flexibility index (Phi) is 8.06. The molecule has 0 fully saturated rings. The molecule has 2 aromatic rings. The molecule has 0 saturated heterocycles. The Balaban J connectivity index is 1.88. The average molecular weight is 374 g/mol. The van der Waals surface area contributed by atoms with Crippen LogP contribution < -0.4 is 10.6 Å². The van der Waals surface area contributed by atoms with Crippen LogP contribution in [-0.4, -0.2) is 36.0 Å². The summed E-state index contributed by atoms with van der Waals surface area (Å²) in [6.07, 6.45) is 0. The average Bonchev–Trinajstić information content (AvgIpc) is 2.97. The fourth-order valence-electron chi connectivity index (χ4n) is 2.85. The van der Waals surface area contributed by atoms with Gasteiger partial charge in [-0.1, -0.05) is 38.1 Å². The Hall–Kier alpha value is -1.92. The van der Waals surface area contributed by atoms with Crippen molar-refractivity contribution >= 4 is 17.3 Å². The van der Waals surface area contributed by atoms with Crippen molar-refractivity contribution < 1.29 is 0 Å². The van der Waals surface area contributed by atoms with Gasteiger partial charge in [0.25, 0.3) is 0 Å². The molecule has 1 aromatic heterocycles. The van der Waals surface area contributed by atoms with E-state index in [1.165, 1.54) is 16.0 Å². The van der Waals surface area contributed by atoms with Crippen LogP contribution in [0.4, 0.5) is 0 Å². The van der Waals surface area contributed by atoms with Gasteiger partial charge in [-0.2, -0.15) is 0 Å². The first kappa shape index (κ1) is 20.4. The molecule has 6 heteroatoms. The van der Waals surface area contributed by atoms with Gasteiger partial charge in [0, 0.05) is 25.0 Å². The minimum atomic E-state index is 0.749. The molecular weight excluding hydrogens is 342 g/mol. The first-order chi connectivity index (χ1) is 12.5. The van der Waals surface area contributed by atoms with Gasteiger partial charge in [0.05, 0.1) is 17.2 Å². The Morgan fingerprint density at radius 1 is 1.12 bits per heavy atom. The number of aromatic nitrogens is 1. The molecule has 1 heterocycles. The quantitative estimate of drug-likeness (QED) is 0.550. The lowest BCUT2D eigenvalue weighted by molar-refractivity contribution is 0.296. The lowest BCUT2D eigenvalue weighted by atomic mass is 10.1. The minimum absolute atomic E-state index is 0.749. The highest BCUT2D eigenvalue weighted by molar-refractivity contribution is 7.11. The standard InChI is InChI=1S/C20H31N5S/c1-6-25(7-2)14-18-10-8-9-17(11-18)12-22-20(21-5)23-13-19-15(3)24-16(4)26-19/h8-11H,6-7,12-14H2,1-5H3,(H2,21,22,23). The van der Waals surface area contributed by atoms with Gasteiger partial charge in [-0.3, -0.25) is 9.89 Å². The summed E-state index contributed by atoms with van der Waals surface area (Å²) in [5.74, 6) is 0.810. The van der Waals surface area contributed by atoms with Crippen LogP contribution in [0.25, 0.3) is 0 Å². The van der Waals surface area contributed by atoms with Crippen LogP contribution >= 0.6 is 11.3 Å². The molecule has 2 rings (SSSR count). The second-order valence-corrected chi connectivity index (χ2v) is 7.59. The molecule has 26 heavy (non-hydrogen) atoms. The monoisotopic (exact) mass is 373 g/mol. The van der Waals surface area contributed by atoms with Gasteiger partial charge >= 0.3 is 0 Å². The van der Waals surface area contributed by atoms with Gasteiger partial charge < -0.3 is 10.6 Å². The summed E-state index contributed by atoms with van der Waals surface area (Å²) in [5.41, 5.74) is 3.72. The molecule has 5 nitrogen and oxygen atoms in total. The molecule has 0 amide bonds. The summed E-state index contributed by atoms with van der Waals surface area (Å²) < 4.78 is 0. The lowest BCUT2D eigenvalue weighted by Crippen LogP contribution is -2.36. The van der Waals surface area contributed by atoms with Gasteiger partial charge in [0.1, 0.15) is 0 Å². The van der Waals surface area contributed by atoms with Crippen molar-refractivity contribution in [2.75, 3.05) is 20.1 Å². The van der Waals surface area contributed by atoms with Gasteiger partial charge in [-0.05, 0) is 38.1 Å². The third-order valence-corrected chi connectivity index (χ3v) is 5.46. The summed E-state index contributed by atoms with van der Waals surface area (Å²) in [6, 6.07) is 8.76. The number of hydrogen-bond donors (Lipinski definition) is 2. The zero-order chi connectivity index (χ0) is 18.9. The van der Waals surface area contributed by atoms with Crippen molar-refractivity contribution in [3.8, 4) is 0 Å². The van der Waals surface area contributed by atoms with E-state index < -0.39 is 0 Å². The van der Waals surface area contributed by atoms with Crippen LogP contribution in [0.15, 0.2) is 29.3 Å². The molecule has 0 aliphatic heterocycles. The molecule has 2 N–H and O–H groups in total. The number of aryl methyl sites for hydroxylation is 2. The van der Waals surface area contributed by atoms with Gasteiger partial charge in [0.15, 0.2) is 5.96 Å².